The first-order chi connectivity index (χ1) is 10.3. The van der Waals surface area contributed by atoms with Crippen LogP contribution in [0.15, 0.2) is 54.6 Å². The van der Waals surface area contributed by atoms with E-state index >= 15 is 0 Å². The van der Waals surface area contributed by atoms with Crippen molar-refractivity contribution in [1.82, 2.24) is 9.55 Å². The monoisotopic (exact) mass is 279 g/mol. The highest BCUT2D eigenvalue weighted by Crippen LogP contribution is 2.22. The molecule has 0 saturated heterocycles. The van der Waals surface area contributed by atoms with Gasteiger partial charge < -0.3 is 5.73 Å². The molecule has 2 N–H and O–H groups in total. The van der Waals surface area contributed by atoms with Crippen molar-refractivity contribution in [3.63, 3.8) is 0 Å². The Kier molecular flexibility index (Phi) is 4.02. The third-order valence-electron chi connectivity index (χ3n) is 3.75. The smallest absolute Gasteiger partial charge is 0.116 e. The number of nitrogens with zero attached hydrogens (tertiary/aromatic N) is 2. The molecule has 3 heteroatoms. The molecule has 0 radical (unpaired) electrons. The van der Waals surface area contributed by atoms with Gasteiger partial charge in [-0.15, -0.1) is 0 Å². The van der Waals surface area contributed by atoms with Crippen molar-refractivity contribution in [2.75, 3.05) is 0 Å². The topological polar surface area (TPSA) is 43.8 Å². The van der Waals surface area contributed by atoms with Crippen LogP contribution in [-0.4, -0.2) is 15.6 Å². The molecule has 0 fully saturated rings. The predicted octanol–water partition coefficient (Wildman–Crippen LogP) is 3.70. The molecule has 0 bridgehead atoms. The molecule has 3 nitrogen and oxygen atoms in total. The fourth-order valence-electron chi connectivity index (χ4n) is 2.79. The van der Waals surface area contributed by atoms with Crippen LogP contribution in [0.4, 0.5) is 0 Å². The Balaban J connectivity index is 2.10. The SMILES string of the molecule is CCCC(N)Cc1nc2ccccc2n1-c1ccccc1. The highest BCUT2D eigenvalue weighted by atomic mass is 15.1. The molecule has 108 valence electrons. The lowest BCUT2D eigenvalue weighted by Crippen LogP contribution is -2.24. The van der Waals surface area contributed by atoms with E-state index in [1.165, 1.54) is 0 Å². The standard InChI is InChI=1S/C18H21N3/c1-2-8-14(19)13-18-20-16-11-6-7-12-17(16)21(18)15-9-4-3-5-10-15/h3-7,9-12,14H,2,8,13,19H2,1H3. The molecule has 0 aliphatic rings. The van der Waals surface area contributed by atoms with Gasteiger partial charge in [0.05, 0.1) is 11.0 Å². The van der Waals surface area contributed by atoms with Crippen molar-refractivity contribution in [3.05, 3.63) is 60.4 Å². The second-order valence-electron chi connectivity index (χ2n) is 5.44. The molecule has 0 aliphatic carbocycles. The normalized spacial score (nSPS) is 12.7. The predicted molar refractivity (Wildman–Crippen MR) is 87.7 cm³/mol. The first kappa shape index (κ1) is 13.8. The highest BCUT2D eigenvalue weighted by Gasteiger charge is 2.14. The van der Waals surface area contributed by atoms with Crippen molar-refractivity contribution in [2.24, 2.45) is 5.73 Å². The van der Waals surface area contributed by atoms with Gasteiger partial charge in [0.1, 0.15) is 5.82 Å². The van der Waals surface area contributed by atoms with E-state index in [1.807, 2.05) is 12.1 Å². The van der Waals surface area contributed by atoms with Gasteiger partial charge in [-0.2, -0.15) is 0 Å². The molecule has 1 unspecified atom stereocenters. The molecule has 0 saturated carbocycles. The van der Waals surface area contributed by atoms with Crippen LogP contribution in [0, 0.1) is 0 Å². The molecule has 0 aliphatic heterocycles. The molecule has 3 aromatic rings. The van der Waals surface area contributed by atoms with Crippen molar-refractivity contribution < 1.29 is 0 Å². The van der Waals surface area contributed by atoms with Gasteiger partial charge in [0.15, 0.2) is 0 Å². The van der Waals surface area contributed by atoms with Gasteiger partial charge in [0.25, 0.3) is 0 Å². The highest BCUT2D eigenvalue weighted by molar-refractivity contribution is 5.78. The lowest BCUT2D eigenvalue weighted by Gasteiger charge is -2.13. The fourth-order valence-corrected chi connectivity index (χ4v) is 2.79. The molecule has 1 aromatic heterocycles. The van der Waals surface area contributed by atoms with Crippen LogP contribution in [0.25, 0.3) is 16.7 Å². The summed E-state index contributed by atoms with van der Waals surface area (Å²) in [5, 5.41) is 0. The van der Waals surface area contributed by atoms with Crippen LogP contribution in [0.5, 0.6) is 0 Å². The summed E-state index contributed by atoms with van der Waals surface area (Å²) in [5.74, 6) is 1.04. The zero-order valence-corrected chi connectivity index (χ0v) is 12.4. The number of para-hydroxylation sites is 3. The van der Waals surface area contributed by atoms with Crippen LogP contribution in [0.2, 0.25) is 0 Å². The minimum atomic E-state index is 0.161. The Hall–Kier alpha value is -2.13. The number of hydrogen-bond acceptors (Lipinski definition) is 2. The maximum absolute atomic E-state index is 6.23. The third kappa shape index (κ3) is 2.83. The van der Waals surface area contributed by atoms with E-state index in [0.717, 1.165) is 41.8 Å². The van der Waals surface area contributed by atoms with E-state index in [0.29, 0.717) is 0 Å². The zero-order valence-electron chi connectivity index (χ0n) is 12.4. The summed E-state index contributed by atoms with van der Waals surface area (Å²) in [4.78, 5) is 4.79. The molecule has 3 rings (SSSR count). The summed E-state index contributed by atoms with van der Waals surface area (Å²) >= 11 is 0. The second-order valence-corrected chi connectivity index (χ2v) is 5.44. The number of benzene rings is 2. The van der Waals surface area contributed by atoms with E-state index in [2.05, 4.69) is 54.0 Å². The van der Waals surface area contributed by atoms with Gasteiger partial charge in [-0.05, 0) is 30.7 Å². The van der Waals surface area contributed by atoms with E-state index in [1.54, 1.807) is 0 Å². The van der Waals surface area contributed by atoms with Crippen LogP contribution in [0.1, 0.15) is 25.6 Å². The average molecular weight is 279 g/mol. The quantitative estimate of drug-likeness (QED) is 0.774. The number of hydrogen-bond donors (Lipinski definition) is 1. The van der Waals surface area contributed by atoms with Gasteiger partial charge in [-0.1, -0.05) is 43.7 Å². The molecule has 21 heavy (non-hydrogen) atoms. The van der Waals surface area contributed by atoms with Gasteiger partial charge >= 0.3 is 0 Å². The summed E-state index contributed by atoms with van der Waals surface area (Å²) < 4.78 is 2.23. The lowest BCUT2D eigenvalue weighted by molar-refractivity contribution is 0.582. The van der Waals surface area contributed by atoms with Crippen molar-refractivity contribution in [2.45, 2.75) is 32.2 Å². The van der Waals surface area contributed by atoms with E-state index < -0.39 is 0 Å². The van der Waals surface area contributed by atoms with Crippen LogP contribution < -0.4 is 5.73 Å². The first-order valence-electron chi connectivity index (χ1n) is 7.57. The largest absolute Gasteiger partial charge is 0.327 e. The lowest BCUT2D eigenvalue weighted by atomic mass is 10.1. The van der Waals surface area contributed by atoms with Crippen molar-refractivity contribution >= 4 is 11.0 Å². The number of nitrogens with two attached hydrogens (primary N) is 1. The summed E-state index contributed by atoms with van der Waals surface area (Å²) in [5.41, 5.74) is 9.54. The minimum absolute atomic E-state index is 0.161. The molecular weight excluding hydrogens is 258 g/mol. The Labute approximate surface area is 125 Å². The Morgan fingerprint density at radius 3 is 2.52 bits per heavy atom. The molecule has 1 heterocycles. The summed E-state index contributed by atoms with van der Waals surface area (Å²) in [6.45, 7) is 2.17. The molecule has 1 atom stereocenters. The maximum Gasteiger partial charge on any atom is 0.116 e. The average Bonchev–Trinajstić information content (AvgIpc) is 2.86. The summed E-state index contributed by atoms with van der Waals surface area (Å²) in [6.07, 6.45) is 2.93. The van der Waals surface area contributed by atoms with Gasteiger partial charge in [0, 0.05) is 18.2 Å². The maximum atomic E-state index is 6.23. The zero-order chi connectivity index (χ0) is 14.7. The van der Waals surface area contributed by atoms with Crippen molar-refractivity contribution in [3.8, 4) is 5.69 Å². The number of aromatic nitrogens is 2. The molecule has 0 amide bonds. The van der Waals surface area contributed by atoms with E-state index in [4.69, 9.17) is 10.7 Å². The van der Waals surface area contributed by atoms with Crippen LogP contribution in [-0.2, 0) is 6.42 Å². The molecular formula is C18H21N3. The van der Waals surface area contributed by atoms with Gasteiger partial charge in [0.2, 0.25) is 0 Å². The van der Waals surface area contributed by atoms with E-state index in [-0.39, 0.29) is 6.04 Å². The van der Waals surface area contributed by atoms with Gasteiger partial charge in [-0.25, -0.2) is 4.98 Å². The van der Waals surface area contributed by atoms with Gasteiger partial charge in [-0.3, -0.25) is 4.57 Å². The third-order valence-corrected chi connectivity index (χ3v) is 3.75. The number of rotatable bonds is 5. The van der Waals surface area contributed by atoms with Crippen LogP contribution >= 0.6 is 0 Å². The Morgan fingerprint density at radius 1 is 1.05 bits per heavy atom. The molecule has 0 spiro atoms. The summed E-state index contributed by atoms with van der Waals surface area (Å²) in [7, 11) is 0. The summed E-state index contributed by atoms with van der Waals surface area (Å²) in [6, 6.07) is 18.8. The first-order valence-corrected chi connectivity index (χ1v) is 7.57. The van der Waals surface area contributed by atoms with Crippen LogP contribution in [0.3, 0.4) is 0 Å². The Bertz CT molecular complexity index is 716. The number of imidazole rings is 1. The number of fused-ring (bicyclic) bond motifs is 1. The van der Waals surface area contributed by atoms with E-state index in [9.17, 15) is 0 Å². The molecule has 2 aromatic carbocycles. The van der Waals surface area contributed by atoms with Crippen molar-refractivity contribution in [1.29, 1.82) is 0 Å². The fraction of sp³-hybridized carbons (Fsp3) is 0.278. The minimum Gasteiger partial charge on any atom is -0.327 e. The second kappa shape index (κ2) is 6.10. The Morgan fingerprint density at radius 2 is 1.76 bits per heavy atom.